The van der Waals surface area contributed by atoms with Crippen LogP contribution in [-0.4, -0.2) is 5.97 Å². The first kappa shape index (κ1) is 27.2. The van der Waals surface area contributed by atoms with Crippen LogP contribution in [0.5, 0.6) is 0 Å². The van der Waals surface area contributed by atoms with Crippen molar-refractivity contribution in [3.05, 3.63) is 35.9 Å². The van der Waals surface area contributed by atoms with Crippen molar-refractivity contribution in [2.45, 2.75) is 116 Å². The van der Waals surface area contributed by atoms with Gasteiger partial charge in [0.1, 0.15) is 6.61 Å². The van der Waals surface area contributed by atoms with Gasteiger partial charge in [0.05, 0.1) is 0 Å². The quantitative estimate of drug-likeness (QED) is 0.134. The van der Waals surface area contributed by atoms with E-state index in [1.807, 2.05) is 30.3 Å². The third-order valence-corrected chi connectivity index (χ3v) is 5.23. The Morgan fingerprint density at radius 1 is 0.679 bits per heavy atom. The van der Waals surface area contributed by atoms with E-state index >= 15 is 0 Å². The van der Waals surface area contributed by atoms with Crippen molar-refractivity contribution < 1.29 is 26.6 Å². The molecule has 0 amide bonds. The number of unbranched alkanes of at least 4 members (excludes halogenated alkanes) is 14. The minimum atomic E-state index is -0.0615. The van der Waals surface area contributed by atoms with Crippen LogP contribution in [0.1, 0.15) is 115 Å². The van der Waals surface area contributed by atoms with Gasteiger partial charge in [0, 0.05) is 23.5 Å². The molecule has 0 aliphatic carbocycles. The molecule has 0 saturated heterocycles. The van der Waals surface area contributed by atoms with Gasteiger partial charge in [-0.3, -0.25) is 4.79 Å². The molecule has 0 unspecified atom stereocenters. The zero-order valence-electron chi connectivity index (χ0n) is 18.1. The average molecular weight is 430 g/mol. The number of esters is 1. The average Bonchev–Trinajstić information content (AvgIpc) is 2.70. The molecular formula is C25H42FeO2. The van der Waals surface area contributed by atoms with Crippen molar-refractivity contribution in [3.8, 4) is 0 Å². The maximum absolute atomic E-state index is 11.7. The van der Waals surface area contributed by atoms with E-state index in [1.54, 1.807) is 0 Å². The molecule has 0 saturated carbocycles. The Kier molecular flexibility index (Phi) is 20.3. The van der Waals surface area contributed by atoms with Crippen molar-refractivity contribution in [3.63, 3.8) is 0 Å². The summed E-state index contributed by atoms with van der Waals surface area (Å²) in [5.41, 5.74) is 1.06. The summed E-state index contributed by atoms with van der Waals surface area (Å²) in [7, 11) is 0. The molecule has 162 valence electrons. The zero-order chi connectivity index (χ0) is 19.4. The minimum absolute atomic E-state index is 0. The van der Waals surface area contributed by atoms with Gasteiger partial charge >= 0.3 is 5.97 Å². The standard InChI is InChI=1S/C25H42O2.Fe/c1-2-3-4-5-6-7-8-9-10-11-12-13-14-15-19-22-25(26)27-23-24-20-17-16-18-21-24;/h16-18,20-21H,2-15,19,22-23H2,1H3;. The van der Waals surface area contributed by atoms with Gasteiger partial charge in [-0.1, -0.05) is 127 Å². The van der Waals surface area contributed by atoms with E-state index in [1.165, 1.54) is 83.5 Å². The van der Waals surface area contributed by atoms with Crippen molar-refractivity contribution in [2.75, 3.05) is 0 Å². The van der Waals surface area contributed by atoms with Crippen molar-refractivity contribution in [1.29, 1.82) is 0 Å². The molecule has 0 bridgehead atoms. The molecule has 1 aromatic rings. The topological polar surface area (TPSA) is 26.3 Å². The van der Waals surface area contributed by atoms with E-state index in [0.717, 1.165) is 18.4 Å². The monoisotopic (exact) mass is 430 g/mol. The Labute approximate surface area is 184 Å². The van der Waals surface area contributed by atoms with E-state index < -0.39 is 0 Å². The summed E-state index contributed by atoms with van der Waals surface area (Å²) < 4.78 is 5.31. The molecule has 0 fully saturated rings. The van der Waals surface area contributed by atoms with Gasteiger partial charge in [0.15, 0.2) is 0 Å². The van der Waals surface area contributed by atoms with Crippen LogP contribution in [0.15, 0.2) is 30.3 Å². The molecule has 0 atom stereocenters. The van der Waals surface area contributed by atoms with Gasteiger partial charge in [-0.25, -0.2) is 0 Å². The Bertz CT molecular complexity index is 447. The first-order valence-corrected chi connectivity index (χ1v) is 11.5. The molecule has 2 nitrogen and oxygen atoms in total. The molecule has 3 heteroatoms. The largest absolute Gasteiger partial charge is 0.461 e. The summed E-state index contributed by atoms with van der Waals surface area (Å²) in [5.74, 6) is -0.0615. The summed E-state index contributed by atoms with van der Waals surface area (Å²) >= 11 is 0. The number of ether oxygens (including phenoxy) is 1. The van der Waals surface area contributed by atoms with Crippen LogP contribution in [0.3, 0.4) is 0 Å². The van der Waals surface area contributed by atoms with E-state index in [2.05, 4.69) is 6.92 Å². The van der Waals surface area contributed by atoms with Gasteiger partial charge in [-0.05, 0) is 12.0 Å². The van der Waals surface area contributed by atoms with Crippen LogP contribution in [0, 0.1) is 0 Å². The second-order valence-corrected chi connectivity index (χ2v) is 7.85. The molecule has 1 rings (SSSR count). The molecule has 0 spiro atoms. The molecule has 0 radical (unpaired) electrons. The Morgan fingerprint density at radius 3 is 1.57 bits per heavy atom. The van der Waals surface area contributed by atoms with E-state index in [0.29, 0.717) is 13.0 Å². The van der Waals surface area contributed by atoms with Gasteiger partial charge in [-0.15, -0.1) is 0 Å². The number of benzene rings is 1. The molecule has 1 aromatic carbocycles. The number of rotatable bonds is 18. The predicted octanol–water partition coefficient (Wildman–Crippen LogP) is 7.99. The third-order valence-electron chi connectivity index (χ3n) is 5.23. The second-order valence-electron chi connectivity index (χ2n) is 7.85. The first-order valence-electron chi connectivity index (χ1n) is 11.5. The summed E-state index contributed by atoms with van der Waals surface area (Å²) in [6, 6.07) is 9.89. The van der Waals surface area contributed by atoms with Gasteiger partial charge < -0.3 is 4.74 Å². The fraction of sp³-hybridized carbons (Fsp3) is 0.720. The zero-order valence-corrected chi connectivity index (χ0v) is 19.2. The predicted molar refractivity (Wildman–Crippen MR) is 116 cm³/mol. The normalized spacial score (nSPS) is 10.5. The molecule has 28 heavy (non-hydrogen) atoms. The van der Waals surface area contributed by atoms with Gasteiger partial charge in [-0.2, -0.15) is 0 Å². The summed E-state index contributed by atoms with van der Waals surface area (Å²) in [6.45, 7) is 2.68. The Morgan fingerprint density at radius 2 is 1.11 bits per heavy atom. The van der Waals surface area contributed by atoms with Crippen molar-refractivity contribution in [2.24, 2.45) is 0 Å². The van der Waals surface area contributed by atoms with Crippen LogP contribution in [0.25, 0.3) is 0 Å². The molecule has 0 aliphatic heterocycles. The SMILES string of the molecule is CCCCCCCCCCCCCCCCCC(=O)OCc1ccccc1.[Fe]. The van der Waals surface area contributed by atoms with Gasteiger partial charge in [0.25, 0.3) is 0 Å². The molecule has 0 N–H and O–H groups in total. The number of carbonyl (C=O) groups is 1. The fourth-order valence-electron chi connectivity index (χ4n) is 3.45. The molecule has 0 aromatic heterocycles. The number of hydrogen-bond donors (Lipinski definition) is 0. The van der Waals surface area contributed by atoms with E-state index in [-0.39, 0.29) is 23.0 Å². The van der Waals surface area contributed by atoms with E-state index in [4.69, 9.17) is 4.74 Å². The van der Waals surface area contributed by atoms with E-state index in [9.17, 15) is 4.79 Å². The second kappa shape index (κ2) is 20.9. The molecular weight excluding hydrogens is 388 g/mol. The number of carbonyl (C=O) groups excluding carboxylic acids is 1. The first-order chi connectivity index (χ1) is 13.3. The fourth-order valence-corrected chi connectivity index (χ4v) is 3.45. The van der Waals surface area contributed by atoms with Crippen molar-refractivity contribution >= 4 is 5.97 Å². The maximum atomic E-state index is 11.7. The smallest absolute Gasteiger partial charge is 0.306 e. The van der Waals surface area contributed by atoms with Gasteiger partial charge in [0.2, 0.25) is 0 Å². The van der Waals surface area contributed by atoms with Crippen LogP contribution in [-0.2, 0) is 33.2 Å². The van der Waals surface area contributed by atoms with Crippen molar-refractivity contribution in [1.82, 2.24) is 0 Å². The Hall–Kier alpha value is -0.791. The number of hydrogen-bond acceptors (Lipinski definition) is 2. The minimum Gasteiger partial charge on any atom is -0.461 e. The van der Waals surface area contributed by atoms with Crippen LogP contribution in [0.4, 0.5) is 0 Å². The molecule has 0 aliphatic rings. The summed E-state index contributed by atoms with van der Waals surface area (Å²) in [6.07, 6.45) is 20.7. The van der Waals surface area contributed by atoms with Crippen LogP contribution in [0.2, 0.25) is 0 Å². The van der Waals surface area contributed by atoms with Crippen LogP contribution >= 0.6 is 0 Å². The maximum Gasteiger partial charge on any atom is 0.306 e. The summed E-state index contributed by atoms with van der Waals surface area (Å²) in [5, 5.41) is 0. The van der Waals surface area contributed by atoms with Crippen LogP contribution < -0.4 is 0 Å². The third kappa shape index (κ3) is 17.3. The molecule has 0 heterocycles. The Balaban J connectivity index is 0.00000729. The summed E-state index contributed by atoms with van der Waals surface area (Å²) in [4.78, 5) is 11.7.